The van der Waals surface area contributed by atoms with E-state index >= 15 is 0 Å². The van der Waals surface area contributed by atoms with Crippen molar-refractivity contribution in [2.24, 2.45) is 0 Å². The summed E-state index contributed by atoms with van der Waals surface area (Å²) in [7, 11) is 0. The Morgan fingerprint density at radius 2 is 1.73 bits per heavy atom. The summed E-state index contributed by atoms with van der Waals surface area (Å²) in [6, 6.07) is 3.90. The smallest absolute Gasteiger partial charge is 0.0635 e. The first-order valence-corrected chi connectivity index (χ1v) is 4.54. The van der Waals surface area contributed by atoms with Crippen LogP contribution in [0.1, 0.15) is 32.1 Å². The lowest BCUT2D eigenvalue weighted by atomic mass is 10.0. The molecule has 0 amide bonds. The molecule has 2 bridgehead atoms. The number of nitrogens with zero attached hydrogens (tertiary/aromatic N) is 2. The lowest BCUT2D eigenvalue weighted by Gasteiger charge is -2.19. The first-order valence-electron chi connectivity index (χ1n) is 4.54. The van der Waals surface area contributed by atoms with Gasteiger partial charge in [-0.15, -0.1) is 0 Å². The van der Waals surface area contributed by atoms with Gasteiger partial charge in [-0.05, 0) is 25.7 Å². The van der Waals surface area contributed by atoms with Gasteiger partial charge in [0.25, 0.3) is 0 Å². The van der Waals surface area contributed by atoms with Crippen molar-refractivity contribution in [1.29, 1.82) is 5.26 Å². The lowest BCUT2D eigenvalue weighted by Crippen LogP contribution is -2.29. The average Bonchev–Trinajstić information content (AvgIpc) is 2.59. The topological polar surface area (TPSA) is 27.0 Å². The fraction of sp³-hybridized carbons (Fsp3) is 0.889. The van der Waals surface area contributed by atoms with Crippen molar-refractivity contribution >= 4 is 0 Å². The van der Waals surface area contributed by atoms with Crippen molar-refractivity contribution < 1.29 is 0 Å². The fourth-order valence-electron chi connectivity index (χ4n) is 2.56. The Labute approximate surface area is 67.8 Å². The Kier molecular flexibility index (Phi) is 1.83. The van der Waals surface area contributed by atoms with Crippen molar-refractivity contribution in [3.05, 3.63) is 0 Å². The molecule has 2 aliphatic heterocycles. The first-order chi connectivity index (χ1) is 5.42. The highest BCUT2D eigenvalue weighted by atomic mass is 15.2. The molecule has 0 saturated carbocycles. The van der Waals surface area contributed by atoms with E-state index in [2.05, 4.69) is 11.0 Å². The van der Waals surface area contributed by atoms with Gasteiger partial charge in [-0.3, -0.25) is 4.90 Å². The molecule has 0 aromatic carbocycles. The summed E-state index contributed by atoms with van der Waals surface area (Å²) < 4.78 is 0. The van der Waals surface area contributed by atoms with Crippen molar-refractivity contribution in [1.82, 2.24) is 4.90 Å². The van der Waals surface area contributed by atoms with Gasteiger partial charge in [0.05, 0.1) is 6.07 Å². The van der Waals surface area contributed by atoms with Crippen molar-refractivity contribution in [3.63, 3.8) is 0 Å². The van der Waals surface area contributed by atoms with Crippen LogP contribution < -0.4 is 0 Å². The molecule has 2 aliphatic rings. The summed E-state index contributed by atoms with van der Waals surface area (Å²) in [5.74, 6) is 0. The first kappa shape index (κ1) is 7.12. The van der Waals surface area contributed by atoms with Gasteiger partial charge >= 0.3 is 0 Å². The molecule has 0 aromatic heterocycles. The second-order valence-electron chi connectivity index (χ2n) is 3.61. The third-order valence-corrected chi connectivity index (χ3v) is 3.09. The predicted octanol–water partition coefficient (Wildman–Crippen LogP) is 1.53. The van der Waals surface area contributed by atoms with E-state index < -0.39 is 0 Å². The summed E-state index contributed by atoms with van der Waals surface area (Å²) in [6.45, 7) is 1.02. The van der Waals surface area contributed by atoms with Crippen LogP contribution in [0.2, 0.25) is 0 Å². The molecule has 0 atom stereocenters. The van der Waals surface area contributed by atoms with Gasteiger partial charge in [-0.1, -0.05) is 0 Å². The van der Waals surface area contributed by atoms with Crippen LogP contribution >= 0.6 is 0 Å². The fourth-order valence-corrected chi connectivity index (χ4v) is 2.56. The van der Waals surface area contributed by atoms with E-state index in [9.17, 15) is 0 Å². The Balaban J connectivity index is 1.90. The van der Waals surface area contributed by atoms with Crippen LogP contribution in [0, 0.1) is 11.3 Å². The standard InChI is InChI=1S/C9H14N2/c10-6-1-7-11-8-2-3-9(11)5-4-8/h8-9H,1-5,7H2. The summed E-state index contributed by atoms with van der Waals surface area (Å²) in [6.07, 6.45) is 6.26. The molecule has 2 saturated heterocycles. The zero-order valence-electron chi connectivity index (χ0n) is 6.79. The molecule has 2 heteroatoms. The summed E-state index contributed by atoms with van der Waals surface area (Å²) in [4.78, 5) is 2.54. The van der Waals surface area contributed by atoms with E-state index in [0.29, 0.717) is 6.42 Å². The van der Waals surface area contributed by atoms with E-state index in [4.69, 9.17) is 5.26 Å². The van der Waals surface area contributed by atoms with Gasteiger partial charge in [0.2, 0.25) is 0 Å². The van der Waals surface area contributed by atoms with E-state index in [1.54, 1.807) is 0 Å². The van der Waals surface area contributed by atoms with E-state index in [0.717, 1.165) is 18.6 Å². The zero-order chi connectivity index (χ0) is 7.68. The second-order valence-corrected chi connectivity index (χ2v) is 3.61. The minimum Gasteiger partial charge on any atom is -0.296 e. The molecule has 60 valence electrons. The number of nitriles is 1. The Hall–Kier alpha value is -0.550. The Bertz CT molecular complexity index is 162. The van der Waals surface area contributed by atoms with Gasteiger partial charge in [0, 0.05) is 25.0 Å². The minimum absolute atomic E-state index is 0.715. The van der Waals surface area contributed by atoms with Crippen molar-refractivity contribution in [2.75, 3.05) is 6.54 Å². The SMILES string of the molecule is N#CCCN1C2CCC1CC2. The maximum absolute atomic E-state index is 8.44. The normalized spacial score (nSPS) is 35.9. The van der Waals surface area contributed by atoms with Crippen LogP contribution in [-0.2, 0) is 0 Å². The maximum Gasteiger partial charge on any atom is 0.0635 e. The Morgan fingerprint density at radius 3 is 2.18 bits per heavy atom. The highest BCUT2D eigenvalue weighted by Crippen LogP contribution is 2.36. The number of rotatable bonds is 2. The van der Waals surface area contributed by atoms with Crippen LogP contribution in [0.25, 0.3) is 0 Å². The molecule has 0 spiro atoms. The summed E-state index contributed by atoms with van der Waals surface area (Å²) >= 11 is 0. The highest BCUT2D eigenvalue weighted by molar-refractivity contribution is 4.95. The molecule has 0 aromatic rings. The Morgan fingerprint density at radius 1 is 1.18 bits per heavy atom. The molecule has 2 nitrogen and oxygen atoms in total. The third kappa shape index (κ3) is 1.14. The van der Waals surface area contributed by atoms with Crippen LogP contribution in [0.15, 0.2) is 0 Å². The maximum atomic E-state index is 8.44. The molecular formula is C9H14N2. The molecule has 0 aliphatic carbocycles. The highest BCUT2D eigenvalue weighted by Gasteiger charge is 2.38. The van der Waals surface area contributed by atoms with Gasteiger partial charge in [-0.25, -0.2) is 0 Å². The minimum atomic E-state index is 0.715. The van der Waals surface area contributed by atoms with Crippen LogP contribution in [-0.4, -0.2) is 23.5 Å². The van der Waals surface area contributed by atoms with Crippen LogP contribution in [0.3, 0.4) is 0 Å². The molecule has 0 radical (unpaired) electrons. The molecule has 2 fully saturated rings. The summed E-state index contributed by atoms with van der Waals surface area (Å²) in [5, 5.41) is 8.44. The quantitative estimate of drug-likeness (QED) is 0.597. The number of fused-ring (bicyclic) bond motifs is 2. The van der Waals surface area contributed by atoms with Gasteiger partial charge in [0.1, 0.15) is 0 Å². The number of hydrogen-bond donors (Lipinski definition) is 0. The molecule has 0 N–H and O–H groups in total. The van der Waals surface area contributed by atoms with E-state index in [-0.39, 0.29) is 0 Å². The van der Waals surface area contributed by atoms with E-state index in [1.807, 2.05) is 0 Å². The third-order valence-electron chi connectivity index (χ3n) is 3.09. The van der Waals surface area contributed by atoms with Gasteiger partial charge in [0.15, 0.2) is 0 Å². The van der Waals surface area contributed by atoms with E-state index in [1.165, 1.54) is 25.7 Å². The van der Waals surface area contributed by atoms with Crippen LogP contribution in [0.4, 0.5) is 0 Å². The molecule has 0 unspecified atom stereocenters. The van der Waals surface area contributed by atoms with Crippen LogP contribution in [0.5, 0.6) is 0 Å². The predicted molar refractivity (Wildman–Crippen MR) is 43.0 cm³/mol. The average molecular weight is 150 g/mol. The van der Waals surface area contributed by atoms with Gasteiger partial charge < -0.3 is 0 Å². The summed E-state index contributed by atoms with van der Waals surface area (Å²) in [5.41, 5.74) is 0. The lowest BCUT2D eigenvalue weighted by molar-refractivity contribution is 0.259. The second kappa shape index (κ2) is 2.83. The largest absolute Gasteiger partial charge is 0.296 e. The number of hydrogen-bond acceptors (Lipinski definition) is 2. The van der Waals surface area contributed by atoms with Crippen molar-refractivity contribution in [2.45, 2.75) is 44.2 Å². The van der Waals surface area contributed by atoms with Crippen molar-refractivity contribution in [3.8, 4) is 6.07 Å². The monoisotopic (exact) mass is 150 g/mol. The molecule has 11 heavy (non-hydrogen) atoms. The molecule has 2 rings (SSSR count). The molecular weight excluding hydrogens is 136 g/mol. The van der Waals surface area contributed by atoms with Gasteiger partial charge in [-0.2, -0.15) is 5.26 Å². The molecule has 2 heterocycles. The zero-order valence-corrected chi connectivity index (χ0v) is 6.79.